The van der Waals surface area contributed by atoms with Gasteiger partial charge >= 0.3 is 17.2 Å². The summed E-state index contributed by atoms with van der Waals surface area (Å²) in [5.74, 6) is 0. The topological polar surface area (TPSA) is 77.4 Å². The van der Waals surface area contributed by atoms with Crippen molar-refractivity contribution in [2.45, 2.75) is 24.6 Å². The van der Waals surface area contributed by atoms with E-state index in [-0.39, 0.29) is 37.2 Å². The van der Waals surface area contributed by atoms with Crippen LogP contribution in [0.15, 0.2) is 0 Å². The number of alkyl halides is 2. The summed E-state index contributed by atoms with van der Waals surface area (Å²) >= 11 is 11.2. The molecule has 0 aliphatic heterocycles. The van der Waals surface area contributed by atoms with Gasteiger partial charge in [-0.2, -0.15) is 0 Å². The van der Waals surface area contributed by atoms with Crippen molar-refractivity contribution in [3.8, 4) is 0 Å². The van der Waals surface area contributed by atoms with Crippen molar-refractivity contribution >= 4 is 40.4 Å². The molecule has 0 aliphatic carbocycles. The van der Waals surface area contributed by atoms with E-state index in [1.165, 1.54) is 0 Å². The van der Waals surface area contributed by atoms with Crippen LogP contribution in [0.1, 0.15) is 13.8 Å². The average molecular weight is 343 g/mol. The molecule has 0 spiro atoms. The second kappa shape index (κ2) is 12.0. The molecule has 0 saturated carbocycles. The average Bonchev–Trinajstić information content (AvgIpc) is 2.29. The quantitative estimate of drug-likeness (QED) is 0.341. The van der Waals surface area contributed by atoms with E-state index in [0.717, 1.165) is 0 Å². The predicted octanol–water partition coefficient (Wildman–Crippen LogP) is 2.75. The minimum Gasteiger partial charge on any atom is -0.328 e. The maximum atomic E-state index is 9.24. The monoisotopic (exact) mass is 342 g/mol. The highest BCUT2D eigenvalue weighted by Gasteiger charge is 2.11. The minimum absolute atomic E-state index is 0.0814. The highest BCUT2D eigenvalue weighted by atomic mass is 35.5. The fourth-order valence-corrected chi connectivity index (χ4v) is 2.25. The van der Waals surface area contributed by atoms with E-state index < -0.39 is 17.2 Å². The summed E-state index contributed by atoms with van der Waals surface area (Å²) in [7, 11) is -3.93. The molecule has 4 atom stereocenters. The van der Waals surface area contributed by atoms with Crippen molar-refractivity contribution in [2.24, 2.45) is 0 Å². The summed E-state index contributed by atoms with van der Waals surface area (Å²) in [5, 5.41) is -0.392. The van der Waals surface area contributed by atoms with Crippen LogP contribution in [0.4, 0.5) is 0 Å². The van der Waals surface area contributed by atoms with Crippen molar-refractivity contribution in [3.05, 3.63) is 0 Å². The van der Waals surface area contributed by atoms with Gasteiger partial charge < -0.3 is 27.9 Å². The lowest BCUT2D eigenvalue weighted by atomic mass is 10.5. The highest BCUT2D eigenvalue weighted by molar-refractivity contribution is 7.40. The van der Waals surface area contributed by atoms with Crippen molar-refractivity contribution < 1.29 is 27.9 Å². The molecule has 0 aliphatic rings. The zero-order valence-electron chi connectivity index (χ0n) is 10.2. The Balaban J connectivity index is 3.37. The molecule has 0 heterocycles. The van der Waals surface area contributed by atoms with Gasteiger partial charge in [0.15, 0.2) is 0 Å². The van der Waals surface area contributed by atoms with Gasteiger partial charge in [-0.3, -0.25) is 0 Å². The molecule has 0 amide bonds. The third-order valence-electron chi connectivity index (χ3n) is 1.32. The lowest BCUT2D eigenvalue weighted by molar-refractivity contribution is 0.146. The Bertz CT molecular complexity index is 180. The Morgan fingerprint density at radius 2 is 1.17 bits per heavy atom. The number of hydrogen-bond acceptors (Lipinski definition) is 6. The van der Waals surface area contributed by atoms with Crippen LogP contribution in [0, 0.1) is 0 Å². The molecule has 110 valence electrons. The van der Waals surface area contributed by atoms with Crippen LogP contribution in [0.2, 0.25) is 0 Å². The number of rotatable bonds is 11. The summed E-state index contributed by atoms with van der Waals surface area (Å²) in [6.45, 7) is 4.04. The fraction of sp³-hybridized carbons (Fsp3) is 1.00. The van der Waals surface area contributed by atoms with Crippen LogP contribution in [-0.4, -0.2) is 47.0 Å². The molecule has 0 saturated heterocycles. The first-order chi connectivity index (χ1) is 8.41. The molecule has 0 aromatic rings. The molecule has 0 fully saturated rings. The molecular formula is C8H18Cl2O6P2. The molecule has 18 heavy (non-hydrogen) atoms. The Hall–Kier alpha value is 1.20. The van der Waals surface area contributed by atoms with Gasteiger partial charge in [-0.25, -0.2) is 0 Å². The van der Waals surface area contributed by atoms with E-state index >= 15 is 0 Å². The van der Waals surface area contributed by atoms with Gasteiger partial charge in [0, 0.05) is 0 Å². The van der Waals surface area contributed by atoms with E-state index in [4.69, 9.17) is 41.3 Å². The van der Waals surface area contributed by atoms with Crippen LogP contribution in [0.25, 0.3) is 0 Å². The normalized spacial score (nSPS) is 18.3. The number of hydrogen-bond donors (Lipinski definition) is 2. The Kier molecular flexibility index (Phi) is 12.8. The summed E-state index contributed by atoms with van der Waals surface area (Å²) in [4.78, 5) is 18.5. The third kappa shape index (κ3) is 13.6. The van der Waals surface area contributed by atoms with Gasteiger partial charge in [-0.15, -0.1) is 23.2 Å². The zero-order chi connectivity index (χ0) is 14.0. The first-order valence-corrected chi connectivity index (χ1v) is 8.33. The maximum Gasteiger partial charge on any atom is 0.329 e. The Labute approximate surface area is 119 Å². The van der Waals surface area contributed by atoms with E-state index in [1.807, 2.05) is 0 Å². The standard InChI is InChI=1S/C8H18Cl2O6P2/c1-7(9)5-15-17(11)13-3-4-14-18(12)16-6-8(2)10/h7-8,11-12H,3-6H2,1-2H3. The first-order valence-electron chi connectivity index (χ1n) is 5.19. The van der Waals surface area contributed by atoms with Crippen LogP contribution in [0.3, 0.4) is 0 Å². The minimum atomic E-state index is -1.96. The lowest BCUT2D eigenvalue weighted by Gasteiger charge is -2.13. The van der Waals surface area contributed by atoms with Gasteiger partial charge in [0.05, 0.1) is 37.2 Å². The fourth-order valence-electron chi connectivity index (χ4n) is 0.638. The third-order valence-corrected chi connectivity index (χ3v) is 3.11. The first kappa shape index (κ1) is 19.2. The molecule has 0 bridgehead atoms. The molecule has 0 aromatic carbocycles. The summed E-state index contributed by atoms with van der Waals surface area (Å²) < 4.78 is 19.6. The smallest absolute Gasteiger partial charge is 0.328 e. The molecule has 0 rings (SSSR count). The van der Waals surface area contributed by atoms with E-state index in [2.05, 4.69) is 0 Å². The maximum absolute atomic E-state index is 9.24. The molecule has 2 N–H and O–H groups in total. The van der Waals surface area contributed by atoms with Gasteiger partial charge in [0.25, 0.3) is 0 Å². The highest BCUT2D eigenvalue weighted by Crippen LogP contribution is 2.35. The molecule has 0 aromatic heterocycles. The summed E-state index contributed by atoms with van der Waals surface area (Å²) in [6, 6.07) is 0. The van der Waals surface area contributed by atoms with Crippen LogP contribution < -0.4 is 0 Å². The van der Waals surface area contributed by atoms with Crippen molar-refractivity contribution in [3.63, 3.8) is 0 Å². The second-order valence-corrected chi connectivity index (χ2v) is 6.77. The van der Waals surface area contributed by atoms with E-state index in [0.29, 0.717) is 0 Å². The van der Waals surface area contributed by atoms with E-state index in [9.17, 15) is 9.79 Å². The number of halogens is 2. The van der Waals surface area contributed by atoms with Crippen LogP contribution in [0.5, 0.6) is 0 Å². The van der Waals surface area contributed by atoms with Crippen molar-refractivity contribution in [2.75, 3.05) is 26.4 Å². The van der Waals surface area contributed by atoms with Crippen molar-refractivity contribution in [1.82, 2.24) is 0 Å². The van der Waals surface area contributed by atoms with Crippen LogP contribution in [-0.2, 0) is 18.1 Å². The molecule has 4 unspecified atom stereocenters. The van der Waals surface area contributed by atoms with E-state index in [1.54, 1.807) is 13.8 Å². The largest absolute Gasteiger partial charge is 0.329 e. The molecular weight excluding hydrogens is 325 g/mol. The zero-order valence-corrected chi connectivity index (χ0v) is 13.5. The second-order valence-electron chi connectivity index (χ2n) is 3.30. The van der Waals surface area contributed by atoms with Gasteiger partial charge in [0.1, 0.15) is 0 Å². The summed E-state index contributed by atoms with van der Waals surface area (Å²) in [6.07, 6.45) is 0. The lowest BCUT2D eigenvalue weighted by Crippen LogP contribution is -2.06. The van der Waals surface area contributed by atoms with Crippen LogP contribution >= 0.6 is 40.4 Å². The van der Waals surface area contributed by atoms with Gasteiger partial charge in [0.2, 0.25) is 0 Å². The SMILES string of the molecule is CC(Cl)COP(O)OCCOP(O)OCC(C)Cl. The van der Waals surface area contributed by atoms with Gasteiger partial charge in [-0.1, -0.05) is 0 Å². The Morgan fingerprint density at radius 3 is 1.44 bits per heavy atom. The summed E-state index contributed by atoms with van der Waals surface area (Å²) in [5.41, 5.74) is 0. The van der Waals surface area contributed by atoms with Crippen molar-refractivity contribution in [1.29, 1.82) is 0 Å². The molecule has 10 heteroatoms. The predicted molar refractivity (Wildman–Crippen MR) is 72.7 cm³/mol. The molecule has 0 radical (unpaired) electrons. The molecule has 6 nitrogen and oxygen atoms in total. The Morgan fingerprint density at radius 1 is 0.833 bits per heavy atom. The van der Waals surface area contributed by atoms with Gasteiger partial charge in [-0.05, 0) is 13.8 Å².